The van der Waals surface area contributed by atoms with Gasteiger partial charge in [-0.25, -0.2) is 10.3 Å². The molecule has 1 atom stereocenters. The van der Waals surface area contributed by atoms with Gasteiger partial charge >= 0.3 is 6.03 Å². The average molecular weight is 587 g/mol. The molecule has 4 N–H and O–H groups in total. The summed E-state index contributed by atoms with van der Waals surface area (Å²) in [6, 6.07) is 33.1. The van der Waals surface area contributed by atoms with E-state index < -0.39 is 11.9 Å². The van der Waals surface area contributed by atoms with Crippen molar-refractivity contribution in [3.8, 4) is 11.1 Å². The van der Waals surface area contributed by atoms with Gasteiger partial charge in [-0.3, -0.25) is 9.69 Å². The first-order chi connectivity index (χ1) is 21.4. The fraction of sp³-hybridized carbons (Fsp3) is 0.250. The number of rotatable bonds is 8. The van der Waals surface area contributed by atoms with Gasteiger partial charge in [-0.1, -0.05) is 98.1 Å². The topological polar surface area (TPSA) is 124 Å². The number of nitrogens with one attached hydrogen (secondary N) is 2. The van der Waals surface area contributed by atoms with Crippen molar-refractivity contribution in [1.82, 2.24) is 5.32 Å². The van der Waals surface area contributed by atoms with Gasteiger partial charge in [-0.05, 0) is 77.8 Å². The molecule has 1 aliphatic rings. The third-order valence-corrected chi connectivity index (χ3v) is 8.25. The molecule has 0 aromatic heterocycles. The number of amides is 3. The number of carbonyl (C=O) groups excluding carboxylic acids is 2. The lowest BCUT2D eigenvalue weighted by Crippen LogP contribution is -2.41. The van der Waals surface area contributed by atoms with Crippen molar-refractivity contribution in [2.24, 2.45) is 15.8 Å². The summed E-state index contributed by atoms with van der Waals surface area (Å²) in [5.41, 5.74) is 18.8. The number of urea groups is 1. The highest BCUT2D eigenvalue weighted by atomic mass is 16.2. The maximum Gasteiger partial charge on any atom is 0.322 e. The SMILES string of the molecule is CC(NC(=O)N(Cc1ccc(C(=O)N=C(N)N=N)cc1)c1ccc(C2CCCCC2)cc1)c1ccccc1-c1ccccc1. The minimum Gasteiger partial charge on any atom is -0.366 e. The highest BCUT2D eigenvalue weighted by molar-refractivity contribution is 6.02. The molecule has 5 rings (SSSR count). The van der Waals surface area contributed by atoms with Crippen LogP contribution in [0.1, 0.15) is 78.0 Å². The third kappa shape index (κ3) is 7.45. The van der Waals surface area contributed by atoms with E-state index in [9.17, 15) is 9.59 Å². The Morgan fingerprint density at radius 1 is 0.886 bits per heavy atom. The Morgan fingerprint density at radius 2 is 1.55 bits per heavy atom. The molecule has 44 heavy (non-hydrogen) atoms. The fourth-order valence-electron chi connectivity index (χ4n) is 5.87. The summed E-state index contributed by atoms with van der Waals surface area (Å²) in [7, 11) is 0. The Hall–Kier alpha value is -5.11. The first-order valence-corrected chi connectivity index (χ1v) is 15.1. The second-order valence-corrected chi connectivity index (χ2v) is 11.2. The van der Waals surface area contributed by atoms with E-state index in [0.717, 1.165) is 27.9 Å². The first-order valence-electron chi connectivity index (χ1n) is 15.1. The molecule has 0 bridgehead atoms. The zero-order valence-corrected chi connectivity index (χ0v) is 24.9. The molecular formula is C36H38N6O2. The molecule has 8 heteroatoms. The Labute approximate surface area is 258 Å². The highest BCUT2D eigenvalue weighted by Gasteiger charge is 2.22. The summed E-state index contributed by atoms with van der Waals surface area (Å²) in [4.78, 5) is 31.7. The molecule has 0 saturated heterocycles. The van der Waals surface area contributed by atoms with Crippen LogP contribution < -0.4 is 16.0 Å². The van der Waals surface area contributed by atoms with E-state index in [4.69, 9.17) is 11.3 Å². The molecule has 3 amide bonds. The molecule has 1 unspecified atom stereocenters. The predicted molar refractivity (Wildman–Crippen MR) is 175 cm³/mol. The Kier molecular flexibility index (Phi) is 9.92. The van der Waals surface area contributed by atoms with Gasteiger partial charge in [0.2, 0.25) is 5.96 Å². The van der Waals surface area contributed by atoms with Gasteiger partial charge < -0.3 is 11.1 Å². The van der Waals surface area contributed by atoms with Crippen molar-refractivity contribution < 1.29 is 9.59 Å². The number of nitrogens with two attached hydrogens (primary N) is 1. The van der Waals surface area contributed by atoms with Crippen LogP contribution in [-0.2, 0) is 6.54 Å². The van der Waals surface area contributed by atoms with Crippen molar-refractivity contribution in [3.05, 3.63) is 125 Å². The van der Waals surface area contributed by atoms with E-state index in [0.29, 0.717) is 18.0 Å². The summed E-state index contributed by atoms with van der Waals surface area (Å²) in [5, 5.41) is 6.21. The third-order valence-electron chi connectivity index (χ3n) is 8.25. The Bertz CT molecular complexity index is 1610. The Morgan fingerprint density at radius 3 is 2.23 bits per heavy atom. The molecule has 0 spiro atoms. The standard InChI is InChI=1S/C36H38N6O2/c1-25(32-14-8-9-15-33(32)29-12-6-3-7-13-29)39-36(44)42(31-22-20-28(21-23-31)27-10-4-2-5-11-27)24-26-16-18-30(19-17-26)34(43)40-35(37)41-38/h3,6-9,12-23,25,27,38H,2,4-5,10-11,24H2,1H3,(H,39,44)(H2,37,40,43). The second kappa shape index (κ2) is 14.4. The van der Waals surface area contributed by atoms with Gasteiger partial charge in [0.1, 0.15) is 0 Å². The molecule has 1 aliphatic carbocycles. The molecule has 4 aromatic rings. The van der Waals surface area contributed by atoms with Gasteiger partial charge in [0.15, 0.2) is 0 Å². The smallest absolute Gasteiger partial charge is 0.322 e. The maximum atomic E-state index is 14.0. The lowest BCUT2D eigenvalue weighted by Gasteiger charge is -2.27. The van der Waals surface area contributed by atoms with Gasteiger partial charge in [0, 0.05) is 11.3 Å². The van der Waals surface area contributed by atoms with Crippen LogP contribution in [0.15, 0.2) is 113 Å². The van der Waals surface area contributed by atoms with Gasteiger partial charge in [0.05, 0.1) is 12.6 Å². The second-order valence-electron chi connectivity index (χ2n) is 11.2. The van der Waals surface area contributed by atoms with Crippen LogP contribution >= 0.6 is 0 Å². The largest absolute Gasteiger partial charge is 0.366 e. The molecule has 8 nitrogen and oxygen atoms in total. The maximum absolute atomic E-state index is 14.0. The minimum atomic E-state index is -0.580. The summed E-state index contributed by atoms with van der Waals surface area (Å²) >= 11 is 0. The molecule has 1 fully saturated rings. The van der Waals surface area contributed by atoms with Crippen LogP contribution in [0, 0.1) is 5.53 Å². The summed E-state index contributed by atoms with van der Waals surface area (Å²) < 4.78 is 0. The predicted octanol–water partition coefficient (Wildman–Crippen LogP) is 8.36. The highest BCUT2D eigenvalue weighted by Crippen LogP contribution is 2.34. The van der Waals surface area contributed by atoms with Crippen molar-refractivity contribution >= 4 is 23.6 Å². The van der Waals surface area contributed by atoms with Crippen molar-refractivity contribution in [1.29, 1.82) is 5.53 Å². The number of hydrogen-bond donors (Lipinski definition) is 3. The zero-order valence-electron chi connectivity index (χ0n) is 24.9. The number of nitrogens with zero attached hydrogens (tertiary/aromatic N) is 3. The van der Waals surface area contributed by atoms with Crippen LogP contribution in [0.3, 0.4) is 0 Å². The molecule has 0 radical (unpaired) electrons. The normalized spacial score (nSPS) is 14.4. The Balaban J connectivity index is 1.40. The number of aliphatic imine (C=N–C) groups is 1. The number of guanidine groups is 1. The van der Waals surface area contributed by atoms with E-state index >= 15 is 0 Å². The quantitative estimate of drug-likeness (QED) is 0.109. The lowest BCUT2D eigenvalue weighted by molar-refractivity contribution is 0.100. The number of benzene rings is 4. The van der Waals surface area contributed by atoms with Crippen LogP contribution in [0.2, 0.25) is 0 Å². The summed E-state index contributed by atoms with van der Waals surface area (Å²) in [6.07, 6.45) is 6.24. The van der Waals surface area contributed by atoms with E-state index in [-0.39, 0.29) is 12.1 Å². The van der Waals surface area contributed by atoms with Gasteiger partial charge in [0.25, 0.3) is 5.91 Å². The summed E-state index contributed by atoms with van der Waals surface area (Å²) in [6.45, 7) is 2.30. The molecule has 1 saturated carbocycles. The summed E-state index contributed by atoms with van der Waals surface area (Å²) in [5.74, 6) is -0.412. The fourth-order valence-corrected chi connectivity index (χ4v) is 5.87. The van der Waals surface area contributed by atoms with Gasteiger partial charge in [-0.15, -0.1) is 5.11 Å². The van der Waals surface area contributed by atoms with Crippen molar-refractivity contribution in [3.63, 3.8) is 0 Å². The lowest BCUT2D eigenvalue weighted by atomic mass is 9.84. The molecular weight excluding hydrogens is 548 g/mol. The number of anilines is 1. The van der Waals surface area contributed by atoms with E-state index in [1.165, 1.54) is 37.7 Å². The van der Waals surface area contributed by atoms with E-state index in [2.05, 4.69) is 51.8 Å². The van der Waals surface area contributed by atoms with Crippen LogP contribution in [-0.4, -0.2) is 17.9 Å². The molecule has 224 valence electrons. The number of carbonyl (C=O) groups is 2. The van der Waals surface area contributed by atoms with Crippen molar-refractivity contribution in [2.45, 2.75) is 57.5 Å². The van der Waals surface area contributed by atoms with E-state index in [1.54, 1.807) is 29.2 Å². The molecule has 4 aromatic carbocycles. The van der Waals surface area contributed by atoms with Crippen LogP contribution in [0.4, 0.5) is 10.5 Å². The zero-order chi connectivity index (χ0) is 30.9. The molecule has 0 aliphatic heterocycles. The van der Waals surface area contributed by atoms with Crippen molar-refractivity contribution in [2.75, 3.05) is 4.90 Å². The van der Waals surface area contributed by atoms with E-state index in [1.807, 2.05) is 49.4 Å². The van der Waals surface area contributed by atoms with Crippen LogP contribution in [0.5, 0.6) is 0 Å². The van der Waals surface area contributed by atoms with Crippen LogP contribution in [0.25, 0.3) is 11.1 Å². The minimum absolute atomic E-state index is 0.222. The first kappa shape index (κ1) is 30.4. The van der Waals surface area contributed by atoms with Gasteiger partial charge in [-0.2, -0.15) is 4.99 Å². The monoisotopic (exact) mass is 586 g/mol. The number of hydrogen-bond acceptors (Lipinski definition) is 3. The average Bonchev–Trinajstić information content (AvgIpc) is 3.08. The molecule has 0 heterocycles.